The molecule has 0 saturated heterocycles. The van der Waals surface area contributed by atoms with E-state index in [4.69, 9.17) is 0 Å². The minimum absolute atomic E-state index is 0.503. The number of aryl methyl sites for hydroxylation is 4. The van der Waals surface area contributed by atoms with E-state index in [0.717, 1.165) is 46.2 Å². The maximum absolute atomic E-state index is 9.19. The SMILES string of the molecule is Cc1cc(CC(C)Cc2cc(C)c(C#N)c(C)c2)cc(C)c1C#N. The van der Waals surface area contributed by atoms with Crippen LogP contribution in [0.5, 0.6) is 0 Å². The summed E-state index contributed by atoms with van der Waals surface area (Å²) in [6, 6.07) is 13.1. The van der Waals surface area contributed by atoms with Crippen LogP contribution < -0.4 is 0 Å². The topological polar surface area (TPSA) is 47.6 Å². The fraction of sp³-hybridized carbons (Fsp3) is 0.364. The Morgan fingerprint density at radius 3 is 1.25 bits per heavy atom. The zero-order chi connectivity index (χ0) is 17.9. The summed E-state index contributed by atoms with van der Waals surface area (Å²) in [6.45, 7) is 10.3. The highest BCUT2D eigenvalue weighted by molar-refractivity contribution is 5.47. The molecule has 0 amide bonds. The molecule has 122 valence electrons. The average Bonchev–Trinajstić information content (AvgIpc) is 2.46. The standard InChI is InChI=1S/C22H24N2/c1-14(6-19-8-15(2)21(12-23)16(3)9-19)7-20-10-17(4)22(13-24)18(5)11-20/h8-11,14H,6-7H2,1-5H3. The van der Waals surface area contributed by atoms with Crippen molar-refractivity contribution in [2.75, 3.05) is 0 Å². The summed E-state index contributed by atoms with van der Waals surface area (Å²) in [6.07, 6.45) is 1.98. The predicted octanol–water partition coefficient (Wildman–Crippen LogP) is 5.08. The van der Waals surface area contributed by atoms with E-state index in [1.54, 1.807) is 0 Å². The lowest BCUT2D eigenvalue weighted by atomic mass is 9.89. The van der Waals surface area contributed by atoms with Crippen LogP contribution in [0, 0.1) is 56.3 Å². The van der Waals surface area contributed by atoms with Crippen molar-refractivity contribution >= 4 is 0 Å². The molecule has 24 heavy (non-hydrogen) atoms. The molecule has 0 aliphatic carbocycles. The molecule has 0 atom stereocenters. The summed E-state index contributed by atoms with van der Waals surface area (Å²) >= 11 is 0. The van der Waals surface area contributed by atoms with Gasteiger partial charge in [0.25, 0.3) is 0 Å². The predicted molar refractivity (Wildman–Crippen MR) is 97.8 cm³/mol. The van der Waals surface area contributed by atoms with Crippen LogP contribution in [0.3, 0.4) is 0 Å². The summed E-state index contributed by atoms with van der Waals surface area (Å²) in [5.74, 6) is 0.503. The fourth-order valence-corrected chi connectivity index (χ4v) is 3.57. The summed E-state index contributed by atoms with van der Waals surface area (Å²) in [5.41, 5.74) is 8.41. The maximum atomic E-state index is 9.19. The van der Waals surface area contributed by atoms with E-state index in [1.165, 1.54) is 11.1 Å². The number of nitriles is 2. The Morgan fingerprint density at radius 1 is 0.708 bits per heavy atom. The van der Waals surface area contributed by atoms with Gasteiger partial charge in [-0.25, -0.2) is 0 Å². The van der Waals surface area contributed by atoms with Crippen LogP contribution in [0.15, 0.2) is 24.3 Å². The second-order valence-corrected chi connectivity index (χ2v) is 6.95. The first kappa shape index (κ1) is 17.8. The number of nitrogens with zero attached hydrogens (tertiary/aromatic N) is 2. The van der Waals surface area contributed by atoms with Gasteiger partial charge in [-0.2, -0.15) is 10.5 Å². The lowest BCUT2D eigenvalue weighted by molar-refractivity contribution is 0.576. The summed E-state index contributed by atoms with van der Waals surface area (Å²) < 4.78 is 0. The molecule has 0 radical (unpaired) electrons. The molecule has 0 aliphatic rings. The first-order valence-electron chi connectivity index (χ1n) is 8.36. The van der Waals surface area contributed by atoms with E-state index < -0.39 is 0 Å². The highest BCUT2D eigenvalue weighted by Crippen LogP contribution is 2.22. The molecular formula is C22H24N2. The van der Waals surface area contributed by atoms with Crippen LogP contribution in [-0.4, -0.2) is 0 Å². The molecule has 2 rings (SSSR count). The summed E-state index contributed by atoms with van der Waals surface area (Å²) in [4.78, 5) is 0. The third kappa shape index (κ3) is 3.84. The first-order valence-corrected chi connectivity index (χ1v) is 8.36. The second kappa shape index (κ2) is 7.33. The molecule has 0 aromatic heterocycles. The van der Waals surface area contributed by atoms with Crippen molar-refractivity contribution < 1.29 is 0 Å². The van der Waals surface area contributed by atoms with Gasteiger partial charge >= 0.3 is 0 Å². The Kier molecular flexibility index (Phi) is 5.42. The molecule has 2 aromatic rings. The third-order valence-corrected chi connectivity index (χ3v) is 4.58. The van der Waals surface area contributed by atoms with Crippen LogP contribution >= 0.6 is 0 Å². The zero-order valence-corrected chi connectivity index (χ0v) is 15.2. The minimum Gasteiger partial charge on any atom is -0.192 e. The van der Waals surface area contributed by atoms with Crippen molar-refractivity contribution in [3.8, 4) is 12.1 Å². The van der Waals surface area contributed by atoms with Crippen LogP contribution in [0.4, 0.5) is 0 Å². The molecule has 0 unspecified atom stereocenters. The molecule has 0 N–H and O–H groups in total. The Balaban J connectivity index is 2.16. The number of hydrogen-bond acceptors (Lipinski definition) is 2. The van der Waals surface area contributed by atoms with Gasteiger partial charge in [-0.15, -0.1) is 0 Å². The fourth-order valence-electron chi connectivity index (χ4n) is 3.57. The molecule has 0 fully saturated rings. The van der Waals surface area contributed by atoms with Crippen LogP contribution in [0.25, 0.3) is 0 Å². The summed E-state index contributed by atoms with van der Waals surface area (Å²) in [7, 11) is 0. The minimum atomic E-state index is 0.503. The van der Waals surface area contributed by atoms with E-state index in [1.807, 2.05) is 27.7 Å². The van der Waals surface area contributed by atoms with E-state index >= 15 is 0 Å². The Labute approximate surface area is 145 Å². The van der Waals surface area contributed by atoms with Gasteiger partial charge in [0.15, 0.2) is 0 Å². The van der Waals surface area contributed by atoms with E-state index in [0.29, 0.717) is 5.92 Å². The maximum Gasteiger partial charge on any atom is 0.0997 e. The molecule has 0 aliphatic heterocycles. The Hall–Kier alpha value is -2.58. The first-order chi connectivity index (χ1) is 11.3. The van der Waals surface area contributed by atoms with Gasteiger partial charge in [0.2, 0.25) is 0 Å². The van der Waals surface area contributed by atoms with Crippen LogP contribution in [0.1, 0.15) is 51.4 Å². The lowest BCUT2D eigenvalue weighted by Crippen LogP contribution is -2.06. The monoisotopic (exact) mass is 316 g/mol. The van der Waals surface area contributed by atoms with Crippen molar-refractivity contribution in [2.24, 2.45) is 5.92 Å². The van der Waals surface area contributed by atoms with Gasteiger partial charge in [0.05, 0.1) is 23.3 Å². The van der Waals surface area contributed by atoms with Crippen LogP contribution in [-0.2, 0) is 12.8 Å². The highest BCUT2D eigenvalue weighted by Gasteiger charge is 2.11. The number of benzene rings is 2. The Bertz CT molecular complexity index is 730. The highest BCUT2D eigenvalue weighted by atomic mass is 14.3. The number of rotatable bonds is 4. The van der Waals surface area contributed by atoms with Gasteiger partial charge in [-0.1, -0.05) is 31.2 Å². The van der Waals surface area contributed by atoms with Crippen molar-refractivity contribution in [2.45, 2.75) is 47.5 Å². The Morgan fingerprint density at radius 2 is 1.00 bits per heavy atom. The largest absolute Gasteiger partial charge is 0.192 e. The van der Waals surface area contributed by atoms with E-state index in [9.17, 15) is 10.5 Å². The molecule has 0 spiro atoms. The zero-order valence-electron chi connectivity index (χ0n) is 15.2. The molecule has 2 heteroatoms. The van der Waals surface area contributed by atoms with Gasteiger partial charge in [0.1, 0.15) is 0 Å². The summed E-state index contributed by atoms with van der Waals surface area (Å²) in [5, 5.41) is 18.4. The molecule has 0 heterocycles. The molecular weight excluding hydrogens is 292 g/mol. The van der Waals surface area contributed by atoms with Crippen molar-refractivity contribution in [1.82, 2.24) is 0 Å². The molecule has 0 saturated carbocycles. The van der Waals surface area contributed by atoms with Crippen molar-refractivity contribution in [1.29, 1.82) is 10.5 Å². The van der Waals surface area contributed by atoms with Gasteiger partial charge in [-0.05, 0) is 79.8 Å². The van der Waals surface area contributed by atoms with Crippen LogP contribution in [0.2, 0.25) is 0 Å². The lowest BCUT2D eigenvalue weighted by Gasteiger charge is -2.15. The van der Waals surface area contributed by atoms with Crippen molar-refractivity contribution in [3.05, 3.63) is 68.8 Å². The molecule has 0 bridgehead atoms. The second-order valence-electron chi connectivity index (χ2n) is 6.95. The normalized spacial score (nSPS) is 10.5. The molecule has 2 nitrogen and oxygen atoms in total. The quantitative estimate of drug-likeness (QED) is 0.789. The van der Waals surface area contributed by atoms with E-state index in [-0.39, 0.29) is 0 Å². The van der Waals surface area contributed by atoms with Gasteiger partial charge in [0, 0.05) is 0 Å². The smallest absolute Gasteiger partial charge is 0.0997 e. The van der Waals surface area contributed by atoms with E-state index in [2.05, 4.69) is 43.3 Å². The van der Waals surface area contributed by atoms with Crippen molar-refractivity contribution in [3.63, 3.8) is 0 Å². The molecule has 2 aromatic carbocycles. The van der Waals surface area contributed by atoms with Gasteiger partial charge in [-0.3, -0.25) is 0 Å². The number of hydrogen-bond donors (Lipinski definition) is 0. The third-order valence-electron chi connectivity index (χ3n) is 4.58. The average molecular weight is 316 g/mol. The van der Waals surface area contributed by atoms with Gasteiger partial charge < -0.3 is 0 Å².